The second-order valence-electron chi connectivity index (χ2n) is 3.87. The first-order valence-corrected chi connectivity index (χ1v) is 5.58. The van der Waals surface area contributed by atoms with Crippen LogP contribution < -0.4 is 10.5 Å². The highest BCUT2D eigenvalue weighted by Crippen LogP contribution is 2.28. The number of ether oxygens (including phenoxy) is 1. The zero-order valence-corrected chi connectivity index (χ0v) is 9.76. The maximum absolute atomic E-state index is 9.99. The molecule has 0 fully saturated rings. The monoisotopic (exact) mass is 232 g/mol. The third kappa shape index (κ3) is 2.38. The molecule has 17 heavy (non-hydrogen) atoms. The molecule has 1 atom stereocenters. The number of aliphatic hydroxyl groups is 1. The van der Waals surface area contributed by atoms with Gasteiger partial charge in [-0.2, -0.15) is 0 Å². The number of pyridine rings is 1. The predicted molar refractivity (Wildman–Crippen MR) is 66.9 cm³/mol. The second-order valence-corrected chi connectivity index (χ2v) is 3.87. The first-order valence-electron chi connectivity index (χ1n) is 5.58. The Morgan fingerprint density at radius 3 is 2.88 bits per heavy atom. The lowest BCUT2D eigenvalue weighted by molar-refractivity contribution is 0.165. The number of methoxy groups -OCH3 is 1. The molecule has 0 saturated carbocycles. The fourth-order valence-electron chi connectivity index (χ4n) is 1.83. The Kier molecular flexibility index (Phi) is 3.56. The summed E-state index contributed by atoms with van der Waals surface area (Å²) in [5.41, 5.74) is 7.00. The molecule has 1 aromatic carbocycles. The first-order chi connectivity index (χ1) is 8.26. The van der Waals surface area contributed by atoms with Gasteiger partial charge in [0, 0.05) is 10.9 Å². The van der Waals surface area contributed by atoms with Crippen LogP contribution in [0.2, 0.25) is 0 Å². The molecule has 90 valence electrons. The molecule has 1 heterocycles. The Labute approximate surface area is 100 Å². The van der Waals surface area contributed by atoms with Crippen molar-refractivity contribution in [2.75, 3.05) is 13.7 Å². The summed E-state index contributed by atoms with van der Waals surface area (Å²) in [5.74, 6) is 0.463. The smallest absolute Gasteiger partial charge is 0.219 e. The summed E-state index contributed by atoms with van der Waals surface area (Å²) in [7, 11) is 1.55. The van der Waals surface area contributed by atoms with Crippen LogP contribution in [0.3, 0.4) is 0 Å². The third-order valence-electron chi connectivity index (χ3n) is 2.71. The fraction of sp³-hybridized carbons (Fsp3) is 0.308. The molecule has 0 bridgehead atoms. The Morgan fingerprint density at radius 1 is 1.41 bits per heavy atom. The van der Waals surface area contributed by atoms with Crippen molar-refractivity contribution in [3.8, 4) is 5.88 Å². The lowest BCUT2D eigenvalue weighted by Crippen LogP contribution is -2.08. The van der Waals surface area contributed by atoms with Gasteiger partial charge in [0.05, 0.1) is 18.7 Å². The van der Waals surface area contributed by atoms with Gasteiger partial charge in [0.2, 0.25) is 5.88 Å². The first kappa shape index (κ1) is 11.8. The van der Waals surface area contributed by atoms with E-state index < -0.39 is 6.10 Å². The lowest BCUT2D eigenvalue weighted by atomic mass is 10.1. The van der Waals surface area contributed by atoms with Crippen LogP contribution in [-0.2, 0) is 0 Å². The van der Waals surface area contributed by atoms with Gasteiger partial charge in [-0.05, 0) is 25.1 Å². The van der Waals surface area contributed by atoms with Crippen LogP contribution in [0.25, 0.3) is 10.9 Å². The van der Waals surface area contributed by atoms with Gasteiger partial charge >= 0.3 is 0 Å². The molecule has 2 rings (SSSR count). The highest BCUT2D eigenvalue weighted by molar-refractivity contribution is 5.80. The van der Waals surface area contributed by atoms with Crippen molar-refractivity contribution in [1.29, 1.82) is 0 Å². The quantitative estimate of drug-likeness (QED) is 0.840. The molecule has 3 N–H and O–H groups in total. The lowest BCUT2D eigenvalue weighted by Gasteiger charge is -2.14. The van der Waals surface area contributed by atoms with Gasteiger partial charge in [0.1, 0.15) is 0 Å². The van der Waals surface area contributed by atoms with E-state index in [2.05, 4.69) is 4.98 Å². The Balaban J connectivity index is 2.52. The van der Waals surface area contributed by atoms with Gasteiger partial charge in [-0.15, -0.1) is 0 Å². The highest BCUT2D eigenvalue weighted by Gasteiger charge is 2.14. The van der Waals surface area contributed by atoms with Crippen molar-refractivity contribution < 1.29 is 9.84 Å². The summed E-state index contributed by atoms with van der Waals surface area (Å²) in [6.07, 6.45) is -0.136. The zero-order chi connectivity index (χ0) is 12.3. The number of nitrogens with zero attached hydrogens (tertiary/aromatic N) is 1. The molecule has 0 saturated heterocycles. The molecule has 1 aromatic heterocycles. The van der Waals surface area contributed by atoms with Gasteiger partial charge in [0.15, 0.2) is 0 Å². The molecular weight excluding hydrogens is 216 g/mol. The molecule has 0 aliphatic carbocycles. The summed E-state index contributed by atoms with van der Waals surface area (Å²) in [5, 5.41) is 11.0. The van der Waals surface area contributed by atoms with E-state index in [1.807, 2.05) is 30.3 Å². The Hall–Kier alpha value is -1.65. The summed E-state index contributed by atoms with van der Waals surface area (Å²) >= 11 is 0. The van der Waals surface area contributed by atoms with Crippen molar-refractivity contribution in [1.82, 2.24) is 4.98 Å². The normalized spacial score (nSPS) is 12.6. The van der Waals surface area contributed by atoms with E-state index in [1.54, 1.807) is 7.11 Å². The number of hydrogen-bond donors (Lipinski definition) is 2. The second kappa shape index (κ2) is 5.12. The average molecular weight is 232 g/mol. The number of para-hydroxylation sites is 1. The maximum atomic E-state index is 9.99. The van der Waals surface area contributed by atoms with E-state index in [4.69, 9.17) is 10.5 Å². The molecule has 0 radical (unpaired) electrons. The van der Waals surface area contributed by atoms with E-state index in [0.717, 1.165) is 10.9 Å². The zero-order valence-electron chi connectivity index (χ0n) is 9.76. The molecule has 0 spiro atoms. The number of rotatable bonds is 4. The minimum Gasteiger partial charge on any atom is -0.481 e. The van der Waals surface area contributed by atoms with Crippen LogP contribution in [0.1, 0.15) is 18.1 Å². The van der Waals surface area contributed by atoms with Crippen molar-refractivity contribution in [3.05, 3.63) is 35.9 Å². The minimum atomic E-state index is -0.632. The van der Waals surface area contributed by atoms with Crippen molar-refractivity contribution in [2.24, 2.45) is 5.73 Å². The van der Waals surface area contributed by atoms with E-state index in [1.165, 1.54) is 0 Å². The maximum Gasteiger partial charge on any atom is 0.219 e. The largest absolute Gasteiger partial charge is 0.481 e. The van der Waals surface area contributed by atoms with Crippen molar-refractivity contribution in [2.45, 2.75) is 12.5 Å². The van der Waals surface area contributed by atoms with E-state index in [9.17, 15) is 5.11 Å². The molecule has 2 aromatic rings. The molecule has 0 aliphatic rings. The Morgan fingerprint density at radius 2 is 2.18 bits per heavy atom. The molecule has 4 nitrogen and oxygen atoms in total. The molecule has 0 amide bonds. The van der Waals surface area contributed by atoms with Crippen LogP contribution >= 0.6 is 0 Å². The van der Waals surface area contributed by atoms with Gasteiger partial charge in [-0.3, -0.25) is 0 Å². The van der Waals surface area contributed by atoms with Gasteiger partial charge in [-0.25, -0.2) is 4.98 Å². The number of aromatic nitrogens is 1. The van der Waals surface area contributed by atoms with E-state index in [0.29, 0.717) is 24.4 Å². The van der Waals surface area contributed by atoms with E-state index >= 15 is 0 Å². The number of hydrogen-bond acceptors (Lipinski definition) is 4. The van der Waals surface area contributed by atoms with Crippen LogP contribution in [0.4, 0.5) is 0 Å². The van der Waals surface area contributed by atoms with Crippen LogP contribution in [-0.4, -0.2) is 23.7 Å². The third-order valence-corrected chi connectivity index (χ3v) is 2.71. The topological polar surface area (TPSA) is 68.4 Å². The van der Waals surface area contributed by atoms with Crippen LogP contribution in [0.15, 0.2) is 30.3 Å². The molecular formula is C13H16N2O2. The van der Waals surface area contributed by atoms with Crippen molar-refractivity contribution >= 4 is 10.9 Å². The summed E-state index contributed by atoms with van der Waals surface area (Å²) in [6.45, 7) is 0.428. The highest BCUT2D eigenvalue weighted by atomic mass is 16.5. The minimum absolute atomic E-state index is 0.428. The Bertz CT molecular complexity index is 514. The van der Waals surface area contributed by atoms with E-state index in [-0.39, 0.29) is 0 Å². The van der Waals surface area contributed by atoms with Crippen molar-refractivity contribution in [3.63, 3.8) is 0 Å². The standard InChI is InChI=1S/C13H16N2O2/c1-17-13-10(12(16)6-7-14)8-9-4-2-3-5-11(9)15-13/h2-5,8,12,16H,6-7,14H2,1H3. The number of aliphatic hydroxyl groups excluding tert-OH is 1. The number of benzene rings is 1. The predicted octanol–water partition coefficient (Wildman–Crippen LogP) is 1.63. The SMILES string of the molecule is COc1nc2ccccc2cc1C(O)CCN. The average Bonchev–Trinajstić information content (AvgIpc) is 2.37. The number of fused-ring (bicyclic) bond motifs is 1. The van der Waals surface area contributed by atoms with Gasteiger partial charge < -0.3 is 15.6 Å². The fourth-order valence-corrected chi connectivity index (χ4v) is 1.83. The summed E-state index contributed by atoms with van der Waals surface area (Å²) in [6, 6.07) is 9.64. The van der Waals surface area contributed by atoms with Gasteiger partial charge in [0.25, 0.3) is 0 Å². The number of nitrogens with two attached hydrogens (primary N) is 1. The summed E-state index contributed by atoms with van der Waals surface area (Å²) < 4.78 is 5.21. The molecule has 0 aliphatic heterocycles. The molecule has 4 heteroatoms. The molecule has 1 unspecified atom stereocenters. The van der Waals surface area contributed by atoms with Crippen LogP contribution in [0, 0.1) is 0 Å². The summed E-state index contributed by atoms with van der Waals surface area (Å²) in [4.78, 5) is 4.37. The van der Waals surface area contributed by atoms with Gasteiger partial charge in [-0.1, -0.05) is 18.2 Å². The van der Waals surface area contributed by atoms with Crippen LogP contribution in [0.5, 0.6) is 5.88 Å².